The predicted octanol–water partition coefficient (Wildman–Crippen LogP) is 5.28. The SMILES string of the molecule is C[C@@]12C(=O)N(c3ccc(F)c(Cl)c3)C(=O)[C@@H]1C[C@@H]1C(=CC[C@@H]3C(=O)N(Cc4ccccc4)C(=O)[C@@H]31)[C@@H]2c1ccc(OCCO)cc1. The number of aliphatic hydroxyl groups excluding tert-OH is 1. The maximum absolute atomic E-state index is 14.5. The van der Waals surface area contributed by atoms with Crippen LogP contribution in [0.25, 0.3) is 0 Å². The Morgan fingerprint density at radius 1 is 0.957 bits per heavy atom. The number of amides is 4. The highest BCUT2D eigenvalue weighted by atomic mass is 35.5. The van der Waals surface area contributed by atoms with Gasteiger partial charge in [0.25, 0.3) is 0 Å². The number of imide groups is 2. The lowest BCUT2D eigenvalue weighted by Gasteiger charge is -2.49. The molecule has 3 aromatic carbocycles. The number of carbonyl (C=O) groups excluding carboxylic acids is 4. The van der Waals surface area contributed by atoms with Crippen LogP contribution in [-0.4, -0.2) is 46.8 Å². The fraction of sp³-hybridized carbons (Fsp3) is 0.333. The molecule has 8 nitrogen and oxygen atoms in total. The van der Waals surface area contributed by atoms with E-state index in [4.69, 9.17) is 16.3 Å². The second-order valence-corrected chi connectivity index (χ2v) is 13.1. The predicted molar refractivity (Wildman–Crippen MR) is 167 cm³/mol. The van der Waals surface area contributed by atoms with Gasteiger partial charge in [-0.05, 0) is 67.1 Å². The van der Waals surface area contributed by atoms with E-state index in [1.54, 1.807) is 19.1 Å². The molecule has 0 unspecified atom stereocenters. The Balaban J connectivity index is 1.31. The quantitative estimate of drug-likeness (QED) is 0.278. The Labute approximate surface area is 270 Å². The molecule has 0 spiro atoms. The van der Waals surface area contributed by atoms with E-state index < -0.39 is 52.6 Å². The van der Waals surface area contributed by atoms with E-state index in [0.29, 0.717) is 12.2 Å². The third-order valence-electron chi connectivity index (χ3n) is 10.3. The third-order valence-corrected chi connectivity index (χ3v) is 10.6. The Morgan fingerprint density at radius 3 is 2.39 bits per heavy atom. The van der Waals surface area contributed by atoms with Crippen LogP contribution in [0.3, 0.4) is 0 Å². The number of allylic oxidation sites excluding steroid dienone is 2. The molecule has 0 aromatic heterocycles. The summed E-state index contributed by atoms with van der Waals surface area (Å²) >= 11 is 6.08. The average molecular weight is 643 g/mol. The van der Waals surface area contributed by atoms with Crippen LogP contribution in [0.4, 0.5) is 10.1 Å². The molecule has 46 heavy (non-hydrogen) atoms. The number of ether oxygens (including phenoxy) is 1. The number of halogens is 2. The van der Waals surface area contributed by atoms with Gasteiger partial charge < -0.3 is 9.84 Å². The molecular formula is C36H32ClFN2O6. The van der Waals surface area contributed by atoms with Crippen LogP contribution in [-0.2, 0) is 25.7 Å². The first-order valence-electron chi connectivity index (χ1n) is 15.4. The number of rotatable bonds is 7. The molecule has 2 aliphatic heterocycles. The van der Waals surface area contributed by atoms with Crippen molar-refractivity contribution in [2.45, 2.75) is 32.2 Å². The molecule has 0 radical (unpaired) electrons. The maximum Gasteiger partial charge on any atom is 0.241 e. The Hall–Kier alpha value is -4.34. The highest BCUT2D eigenvalue weighted by Crippen LogP contribution is 2.63. The number of hydrogen-bond donors (Lipinski definition) is 1. The van der Waals surface area contributed by atoms with Crippen LogP contribution in [0.2, 0.25) is 5.02 Å². The minimum absolute atomic E-state index is 0.122. The summed E-state index contributed by atoms with van der Waals surface area (Å²) in [5.41, 5.74) is 1.41. The number of fused-ring (bicyclic) bond motifs is 4. The summed E-state index contributed by atoms with van der Waals surface area (Å²) in [6.45, 7) is 1.94. The zero-order valence-corrected chi connectivity index (χ0v) is 25.8. The standard InChI is InChI=1S/C36H32ClFN2O6/c1-36-27(33(43)40(35(36)45)22-9-14-29(38)28(37)17-22)18-26-24(31(36)21-7-10-23(11-8-21)46-16-15-41)12-13-25-30(26)34(44)39(32(25)42)19-20-5-3-2-4-6-20/h2-12,14,17,25-27,30-31,41H,13,15-16,18-19H2,1H3/t25-,26+,27-,30-,31-,36+/m0/s1. The number of hydrogen-bond acceptors (Lipinski definition) is 6. The molecule has 2 heterocycles. The number of likely N-dealkylation sites (tertiary alicyclic amines) is 1. The van der Waals surface area contributed by atoms with E-state index in [2.05, 4.69) is 0 Å². The number of anilines is 1. The van der Waals surface area contributed by atoms with E-state index in [-0.39, 0.29) is 48.7 Å². The Morgan fingerprint density at radius 2 is 1.70 bits per heavy atom. The van der Waals surface area contributed by atoms with Crippen molar-refractivity contribution in [2.24, 2.45) is 29.1 Å². The highest BCUT2D eigenvalue weighted by molar-refractivity contribution is 6.31. The van der Waals surface area contributed by atoms with Gasteiger partial charge >= 0.3 is 0 Å². The van der Waals surface area contributed by atoms with Crippen LogP contribution < -0.4 is 9.64 Å². The molecular weight excluding hydrogens is 611 g/mol. The van der Waals surface area contributed by atoms with Gasteiger partial charge in [-0.1, -0.05) is 65.7 Å². The van der Waals surface area contributed by atoms with E-state index in [1.165, 1.54) is 17.0 Å². The van der Waals surface area contributed by atoms with Gasteiger partial charge in [-0.25, -0.2) is 9.29 Å². The molecule has 1 N–H and O–H groups in total. The van der Waals surface area contributed by atoms with Crippen molar-refractivity contribution in [3.05, 3.63) is 106 Å². The summed E-state index contributed by atoms with van der Waals surface area (Å²) in [5, 5.41) is 8.98. The first-order chi connectivity index (χ1) is 22.1. The van der Waals surface area contributed by atoms with E-state index in [0.717, 1.165) is 27.7 Å². The number of nitrogens with zero attached hydrogens (tertiary/aromatic N) is 2. The van der Waals surface area contributed by atoms with Gasteiger partial charge in [-0.2, -0.15) is 0 Å². The summed E-state index contributed by atoms with van der Waals surface area (Å²) in [4.78, 5) is 59.0. The van der Waals surface area contributed by atoms with Gasteiger partial charge in [-0.3, -0.25) is 24.1 Å². The largest absolute Gasteiger partial charge is 0.491 e. The number of carbonyl (C=O) groups is 4. The van der Waals surface area contributed by atoms with E-state index in [1.807, 2.05) is 48.5 Å². The lowest BCUT2D eigenvalue weighted by Crippen LogP contribution is -2.48. The molecule has 6 atom stereocenters. The van der Waals surface area contributed by atoms with Gasteiger partial charge in [0.15, 0.2) is 0 Å². The normalized spacial score (nSPS) is 28.6. The van der Waals surface area contributed by atoms with Crippen molar-refractivity contribution in [1.29, 1.82) is 0 Å². The molecule has 7 rings (SSSR count). The van der Waals surface area contributed by atoms with Crippen LogP contribution in [0.5, 0.6) is 5.75 Å². The van der Waals surface area contributed by atoms with E-state index >= 15 is 0 Å². The summed E-state index contributed by atoms with van der Waals surface area (Å²) in [7, 11) is 0. The van der Waals surface area contributed by atoms with Crippen LogP contribution >= 0.6 is 11.6 Å². The summed E-state index contributed by atoms with van der Waals surface area (Å²) in [5.74, 6) is -4.55. The summed E-state index contributed by atoms with van der Waals surface area (Å²) in [6.07, 6.45) is 2.56. The lowest BCUT2D eigenvalue weighted by molar-refractivity contribution is -0.141. The summed E-state index contributed by atoms with van der Waals surface area (Å²) < 4.78 is 19.7. The van der Waals surface area contributed by atoms with Crippen LogP contribution in [0.1, 0.15) is 36.8 Å². The molecule has 0 bridgehead atoms. The number of aliphatic hydroxyl groups is 1. The topological polar surface area (TPSA) is 104 Å². The van der Waals surface area contributed by atoms with Crippen molar-refractivity contribution in [3.8, 4) is 5.75 Å². The molecule has 4 amide bonds. The van der Waals surface area contributed by atoms with Gasteiger partial charge in [0, 0.05) is 5.92 Å². The molecule has 4 aliphatic rings. The van der Waals surface area contributed by atoms with Crippen molar-refractivity contribution in [1.82, 2.24) is 4.90 Å². The molecule has 1 saturated carbocycles. The lowest BCUT2D eigenvalue weighted by atomic mass is 9.51. The molecule has 3 fully saturated rings. The maximum atomic E-state index is 14.5. The van der Waals surface area contributed by atoms with Crippen molar-refractivity contribution in [2.75, 3.05) is 18.1 Å². The van der Waals surface area contributed by atoms with Gasteiger partial charge in [0.05, 0.1) is 47.0 Å². The minimum Gasteiger partial charge on any atom is -0.491 e. The molecule has 3 aromatic rings. The van der Waals surface area contributed by atoms with Crippen molar-refractivity contribution >= 4 is 40.9 Å². The first kappa shape index (κ1) is 30.3. The zero-order valence-electron chi connectivity index (χ0n) is 25.1. The average Bonchev–Trinajstić information content (AvgIpc) is 3.41. The zero-order chi connectivity index (χ0) is 32.3. The van der Waals surface area contributed by atoms with Gasteiger partial charge in [0.2, 0.25) is 23.6 Å². The number of benzene rings is 3. The minimum atomic E-state index is -1.24. The first-order valence-corrected chi connectivity index (χ1v) is 15.8. The highest BCUT2D eigenvalue weighted by Gasteiger charge is 2.67. The second kappa shape index (κ2) is 11.5. The fourth-order valence-electron chi connectivity index (χ4n) is 8.17. The molecule has 236 valence electrons. The van der Waals surface area contributed by atoms with Crippen LogP contribution in [0.15, 0.2) is 84.4 Å². The van der Waals surface area contributed by atoms with Gasteiger partial charge in [-0.15, -0.1) is 0 Å². The summed E-state index contributed by atoms with van der Waals surface area (Å²) in [6, 6.07) is 20.3. The monoisotopic (exact) mass is 642 g/mol. The second-order valence-electron chi connectivity index (χ2n) is 12.6. The van der Waals surface area contributed by atoms with Crippen LogP contribution in [0, 0.1) is 34.9 Å². The molecule has 10 heteroatoms. The fourth-order valence-corrected chi connectivity index (χ4v) is 8.35. The Bertz CT molecular complexity index is 1780. The Kier molecular flexibility index (Phi) is 7.56. The third kappa shape index (κ3) is 4.59. The molecule has 2 aliphatic carbocycles. The smallest absolute Gasteiger partial charge is 0.241 e. The van der Waals surface area contributed by atoms with Crippen molar-refractivity contribution in [3.63, 3.8) is 0 Å². The van der Waals surface area contributed by atoms with Gasteiger partial charge in [0.1, 0.15) is 18.2 Å². The van der Waals surface area contributed by atoms with E-state index in [9.17, 15) is 28.7 Å². The molecule has 2 saturated heterocycles. The van der Waals surface area contributed by atoms with Crippen molar-refractivity contribution < 1.29 is 33.4 Å².